The minimum absolute atomic E-state index is 0.0790. The fourth-order valence-corrected chi connectivity index (χ4v) is 2.33. The molecule has 0 atom stereocenters. The van der Waals surface area contributed by atoms with Crippen molar-refractivity contribution >= 4 is 15.8 Å². The molecule has 102 valence electrons. The van der Waals surface area contributed by atoms with Crippen LogP contribution in [0.25, 0.3) is 0 Å². The first kappa shape index (κ1) is 13.5. The van der Waals surface area contributed by atoms with Crippen LogP contribution in [0.4, 0.5) is 5.82 Å². The van der Waals surface area contributed by atoms with Gasteiger partial charge in [-0.1, -0.05) is 25.9 Å². The number of rotatable bonds is 3. The van der Waals surface area contributed by atoms with E-state index in [9.17, 15) is 8.42 Å². The van der Waals surface area contributed by atoms with Gasteiger partial charge in [0.2, 0.25) is 0 Å². The van der Waals surface area contributed by atoms with E-state index in [4.69, 9.17) is 4.52 Å². The molecule has 0 unspecified atom stereocenters. The number of sulfonamides is 1. The van der Waals surface area contributed by atoms with E-state index in [1.54, 1.807) is 12.1 Å². The highest BCUT2D eigenvalue weighted by molar-refractivity contribution is 7.92. The van der Waals surface area contributed by atoms with E-state index in [0.29, 0.717) is 5.76 Å². The van der Waals surface area contributed by atoms with Gasteiger partial charge in [0.05, 0.1) is 0 Å². The third-order valence-corrected chi connectivity index (χ3v) is 3.77. The topological polar surface area (TPSA) is 85.1 Å². The molecule has 0 fully saturated rings. The monoisotopic (exact) mass is 281 g/mol. The summed E-state index contributed by atoms with van der Waals surface area (Å²) in [5, 5.41) is 3.71. The van der Waals surface area contributed by atoms with Gasteiger partial charge in [-0.2, -0.15) is 0 Å². The van der Waals surface area contributed by atoms with E-state index >= 15 is 0 Å². The molecule has 0 aliphatic rings. The average Bonchev–Trinajstić information content (AvgIpc) is 2.78. The Kier molecular flexibility index (Phi) is 3.32. The van der Waals surface area contributed by atoms with Crippen molar-refractivity contribution in [2.24, 2.45) is 0 Å². The van der Waals surface area contributed by atoms with Gasteiger partial charge in [0.25, 0.3) is 10.0 Å². The second-order valence-electron chi connectivity index (χ2n) is 5.12. The average molecular weight is 281 g/mol. The summed E-state index contributed by atoms with van der Waals surface area (Å²) < 4.78 is 31.5. The van der Waals surface area contributed by atoms with Crippen LogP contribution in [0, 0.1) is 0 Å². The van der Waals surface area contributed by atoms with E-state index in [1.165, 1.54) is 18.5 Å². The summed E-state index contributed by atoms with van der Waals surface area (Å²) in [7, 11) is -3.68. The number of pyridine rings is 1. The molecule has 0 bridgehead atoms. The quantitative estimate of drug-likeness (QED) is 0.931. The zero-order chi connectivity index (χ0) is 14.1. The zero-order valence-corrected chi connectivity index (χ0v) is 11.7. The molecule has 2 aromatic rings. The van der Waals surface area contributed by atoms with Crippen molar-refractivity contribution in [3.63, 3.8) is 0 Å². The molecule has 0 aromatic carbocycles. The van der Waals surface area contributed by atoms with E-state index in [1.807, 2.05) is 20.8 Å². The molecule has 2 heterocycles. The van der Waals surface area contributed by atoms with Crippen LogP contribution in [0.3, 0.4) is 0 Å². The van der Waals surface area contributed by atoms with E-state index in [0.717, 1.165) is 0 Å². The highest BCUT2D eigenvalue weighted by Crippen LogP contribution is 2.25. The maximum Gasteiger partial charge on any atom is 0.264 e. The zero-order valence-electron chi connectivity index (χ0n) is 10.9. The van der Waals surface area contributed by atoms with Gasteiger partial charge < -0.3 is 4.52 Å². The first-order chi connectivity index (χ1) is 8.79. The summed E-state index contributed by atoms with van der Waals surface area (Å²) in [5.41, 5.74) is -0.231. The molecular formula is C12H15N3O3S. The van der Waals surface area contributed by atoms with Gasteiger partial charge in [0.15, 0.2) is 5.82 Å². The van der Waals surface area contributed by atoms with Crippen molar-refractivity contribution in [2.45, 2.75) is 31.1 Å². The summed E-state index contributed by atoms with van der Waals surface area (Å²) >= 11 is 0. The van der Waals surface area contributed by atoms with Crippen molar-refractivity contribution in [3.8, 4) is 0 Å². The predicted molar refractivity (Wildman–Crippen MR) is 70.2 cm³/mol. The fourth-order valence-electron chi connectivity index (χ4n) is 1.38. The Morgan fingerprint density at radius 3 is 2.58 bits per heavy atom. The first-order valence-electron chi connectivity index (χ1n) is 5.69. The number of anilines is 1. The lowest BCUT2D eigenvalue weighted by Crippen LogP contribution is -2.13. The maximum absolute atomic E-state index is 12.0. The van der Waals surface area contributed by atoms with Crippen LogP contribution in [0.1, 0.15) is 26.5 Å². The Bertz CT molecular complexity index is 657. The Balaban J connectivity index is 2.25. The molecule has 0 aliphatic carbocycles. The third kappa shape index (κ3) is 3.11. The number of nitrogens with one attached hydrogen (secondary N) is 1. The van der Waals surface area contributed by atoms with Crippen LogP contribution >= 0.6 is 0 Å². The van der Waals surface area contributed by atoms with Crippen molar-refractivity contribution in [1.29, 1.82) is 0 Å². The molecule has 0 saturated carbocycles. The molecule has 7 heteroatoms. The standard InChI is InChI=1S/C12H15N3O3S/c1-12(2,3)10-7-11(14-18-10)15-19(16,17)9-5-4-6-13-8-9/h4-8H,1-3H3,(H,14,15). The highest BCUT2D eigenvalue weighted by atomic mass is 32.2. The Morgan fingerprint density at radius 2 is 2.05 bits per heavy atom. The molecule has 0 spiro atoms. The lowest BCUT2D eigenvalue weighted by atomic mass is 9.93. The fraction of sp³-hybridized carbons (Fsp3) is 0.333. The van der Waals surface area contributed by atoms with Crippen LogP contribution in [0.15, 0.2) is 40.0 Å². The lowest BCUT2D eigenvalue weighted by Gasteiger charge is -2.12. The minimum atomic E-state index is -3.68. The van der Waals surface area contributed by atoms with Gasteiger partial charge in [0.1, 0.15) is 10.7 Å². The molecule has 0 aliphatic heterocycles. The van der Waals surface area contributed by atoms with Gasteiger partial charge in [-0.25, -0.2) is 8.42 Å². The SMILES string of the molecule is CC(C)(C)c1cc(NS(=O)(=O)c2cccnc2)no1. The van der Waals surface area contributed by atoms with Crippen LogP contribution in [-0.2, 0) is 15.4 Å². The number of hydrogen-bond acceptors (Lipinski definition) is 5. The second kappa shape index (κ2) is 4.65. The number of aromatic nitrogens is 2. The van der Waals surface area contributed by atoms with Gasteiger partial charge >= 0.3 is 0 Å². The lowest BCUT2D eigenvalue weighted by molar-refractivity contribution is 0.331. The van der Waals surface area contributed by atoms with Gasteiger partial charge in [-0.3, -0.25) is 9.71 Å². The van der Waals surface area contributed by atoms with Gasteiger partial charge in [-0.15, -0.1) is 0 Å². The normalized spacial score (nSPS) is 12.4. The molecule has 19 heavy (non-hydrogen) atoms. The van der Waals surface area contributed by atoms with Crippen LogP contribution in [0.5, 0.6) is 0 Å². The molecule has 0 radical (unpaired) electrons. The Hall–Kier alpha value is -1.89. The Labute approximate surface area is 111 Å². The van der Waals surface area contributed by atoms with Crippen molar-refractivity contribution < 1.29 is 12.9 Å². The van der Waals surface area contributed by atoms with Gasteiger partial charge in [0, 0.05) is 23.9 Å². The maximum atomic E-state index is 12.0. The number of hydrogen-bond donors (Lipinski definition) is 1. The summed E-state index contributed by atoms with van der Waals surface area (Å²) in [6.07, 6.45) is 2.78. The molecule has 2 aromatic heterocycles. The van der Waals surface area contributed by atoms with Gasteiger partial charge in [-0.05, 0) is 12.1 Å². The van der Waals surface area contributed by atoms with Crippen LogP contribution in [-0.4, -0.2) is 18.6 Å². The van der Waals surface area contributed by atoms with E-state index in [2.05, 4.69) is 14.9 Å². The molecule has 0 amide bonds. The molecular weight excluding hydrogens is 266 g/mol. The van der Waals surface area contributed by atoms with Crippen molar-refractivity contribution in [1.82, 2.24) is 10.1 Å². The molecule has 1 N–H and O–H groups in total. The van der Waals surface area contributed by atoms with Crippen LogP contribution in [0.2, 0.25) is 0 Å². The summed E-state index contributed by atoms with van der Waals surface area (Å²) in [4.78, 5) is 3.85. The molecule has 0 saturated heterocycles. The summed E-state index contributed by atoms with van der Waals surface area (Å²) in [5.74, 6) is 0.769. The largest absolute Gasteiger partial charge is 0.359 e. The predicted octanol–water partition coefficient (Wildman–Crippen LogP) is 2.17. The molecule has 2 rings (SSSR count). The van der Waals surface area contributed by atoms with Crippen LogP contribution < -0.4 is 4.72 Å². The summed E-state index contributed by atoms with van der Waals surface area (Å²) in [6.45, 7) is 5.85. The number of nitrogens with zero attached hydrogens (tertiary/aromatic N) is 2. The van der Waals surface area contributed by atoms with E-state index < -0.39 is 10.0 Å². The summed E-state index contributed by atoms with van der Waals surface area (Å²) in [6, 6.07) is 4.59. The van der Waals surface area contributed by atoms with Crippen molar-refractivity contribution in [3.05, 3.63) is 36.4 Å². The molecule has 6 nitrogen and oxygen atoms in total. The third-order valence-electron chi connectivity index (χ3n) is 2.43. The van der Waals surface area contributed by atoms with Crippen molar-refractivity contribution in [2.75, 3.05) is 4.72 Å². The smallest absolute Gasteiger partial charge is 0.264 e. The first-order valence-corrected chi connectivity index (χ1v) is 7.17. The Morgan fingerprint density at radius 1 is 1.32 bits per heavy atom. The second-order valence-corrected chi connectivity index (χ2v) is 6.80. The minimum Gasteiger partial charge on any atom is -0.359 e. The van der Waals surface area contributed by atoms with E-state index in [-0.39, 0.29) is 16.1 Å². The highest BCUT2D eigenvalue weighted by Gasteiger charge is 2.22.